The molecule has 1 unspecified atom stereocenters. The highest BCUT2D eigenvalue weighted by Gasteiger charge is 2.35. The summed E-state index contributed by atoms with van der Waals surface area (Å²) in [7, 11) is 3.09. The highest BCUT2D eigenvalue weighted by Crippen LogP contribution is 2.42. The van der Waals surface area contributed by atoms with Gasteiger partial charge in [0.2, 0.25) is 11.8 Å². The standard InChI is InChI=1S/C34H35F3N6O6/c1-19-14-28(34(35,36)37)43-29(39-19)18-25(41-43)33(46)42-11-8-31(45)40-24-9-13-49-26-6-5-21(17-23(24)26)22-15-20(4-7-30(44)38-10-12-42)16-27(47-2)32(22)48-3/h5-6,14-18,24H,4,7-13H2,1-3H3,(H,38,44)(H,40,45). The molecule has 4 bridgehead atoms. The quantitative estimate of drug-likeness (QED) is 0.328. The molecule has 0 saturated carbocycles. The van der Waals surface area contributed by atoms with Crippen molar-refractivity contribution in [2.75, 3.05) is 40.5 Å². The van der Waals surface area contributed by atoms with Gasteiger partial charge in [-0.05, 0) is 54.8 Å². The second-order valence-corrected chi connectivity index (χ2v) is 11.9. The van der Waals surface area contributed by atoms with Gasteiger partial charge in [-0.2, -0.15) is 18.3 Å². The van der Waals surface area contributed by atoms with Crippen molar-refractivity contribution in [3.05, 3.63) is 70.7 Å². The molecule has 2 aromatic heterocycles. The average molecular weight is 681 g/mol. The lowest BCUT2D eigenvalue weighted by Gasteiger charge is -2.28. The van der Waals surface area contributed by atoms with E-state index in [1.807, 2.05) is 30.3 Å². The van der Waals surface area contributed by atoms with Gasteiger partial charge >= 0.3 is 6.18 Å². The Balaban J connectivity index is 1.32. The van der Waals surface area contributed by atoms with Gasteiger partial charge in [0.25, 0.3) is 5.91 Å². The number of nitrogens with zero attached hydrogens (tertiary/aromatic N) is 4. The summed E-state index contributed by atoms with van der Waals surface area (Å²) in [5, 5.41) is 9.80. The molecule has 0 aliphatic carbocycles. The Bertz CT molecular complexity index is 1930. The van der Waals surface area contributed by atoms with E-state index in [0.29, 0.717) is 41.2 Å². The van der Waals surface area contributed by atoms with Crippen molar-refractivity contribution in [1.29, 1.82) is 0 Å². The van der Waals surface area contributed by atoms with Gasteiger partial charge in [0, 0.05) is 61.8 Å². The Morgan fingerprint density at radius 1 is 1.00 bits per heavy atom. The minimum atomic E-state index is -4.73. The van der Waals surface area contributed by atoms with E-state index in [1.54, 1.807) is 7.11 Å². The van der Waals surface area contributed by atoms with Crippen LogP contribution in [0.2, 0.25) is 0 Å². The van der Waals surface area contributed by atoms with Crippen LogP contribution in [0.25, 0.3) is 16.8 Å². The van der Waals surface area contributed by atoms with Crippen LogP contribution in [-0.4, -0.2) is 77.7 Å². The molecule has 0 spiro atoms. The molecule has 0 fully saturated rings. The third kappa shape index (κ3) is 7.10. The number of rotatable bonds is 3. The first-order valence-electron chi connectivity index (χ1n) is 15.8. The Morgan fingerprint density at radius 2 is 1.82 bits per heavy atom. The van der Waals surface area contributed by atoms with E-state index >= 15 is 0 Å². The number of aryl methyl sites for hydroxylation is 2. The number of ether oxygens (including phenoxy) is 3. The summed E-state index contributed by atoms with van der Waals surface area (Å²) in [5.41, 5.74) is 1.78. The number of fused-ring (bicyclic) bond motifs is 5. The molecular formula is C34H35F3N6O6. The Hall–Kier alpha value is -5.34. The van der Waals surface area contributed by atoms with Gasteiger partial charge in [-0.3, -0.25) is 14.4 Å². The van der Waals surface area contributed by atoms with E-state index in [4.69, 9.17) is 14.2 Å². The van der Waals surface area contributed by atoms with Crippen LogP contribution >= 0.6 is 0 Å². The lowest BCUT2D eigenvalue weighted by Crippen LogP contribution is -2.41. The number of carbonyl (C=O) groups excluding carboxylic acids is 3. The van der Waals surface area contributed by atoms with Gasteiger partial charge in [0.1, 0.15) is 11.4 Å². The molecule has 4 aromatic rings. The second kappa shape index (κ2) is 13.6. The lowest BCUT2D eigenvalue weighted by atomic mass is 9.93. The van der Waals surface area contributed by atoms with Crippen molar-refractivity contribution in [3.63, 3.8) is 0 Å². The first-order valence-corrected chi connectivity index (χ1v) is 15.8. The number of hydrogen-bond donors (Lipinski definition) is 2. The minimum absolute atomic E-state index is 0.0196. The van der Waals surface area contributed by atoms with E-state index < -0.39 is 17.8 Å². The summed E-state index contributed by atoms with van der Waals surface area (Å²) in [6, 6.07) is 11.1. The molecule has 2 aliphatic rings. The third-order valence-corrected chi connectivity index (χ3v) is 8.54. The van der Waals surface area contributed by atoms with Gasteiger partial charge < -0.3 is 29.7 Å². The molecule has 2 N–H and O–H groups in total. The number of nitrogens with one attached hydrogen (secondary N) is 2. The predicted octanol–water partition coefficient (Wildman–Crippen LogP) is 4.28. The van der Waals surface area contributed by atoms with Crippen molar-refractivity contribution in [3.8, 4) is 28.4 Å². The molecule has 3 amide bonds. The molecule has 6 rings (SSSR count). The van der Waals surface area contributed by atoms with Crippen LogP contribution in [0.15, 0.2) is 42.5 Å². The predicted molar refractivity (Wildman–Crippen MR) is 171 cm³/mol. The number of alkyl halides is 3. The number of carbonyl (C=O) groups is 3. The Kier molecular flexibility index (Phi) is 9.35. The molecule has 1 atom stereocenters. The van der Waals surface area contributed by atoms with Crippen LogP contribution in [0, 0.1) is 6.92 Å². The van der Waals surface area contributed by atoms with Gasteiger partial charge in [-0.15, -0.1) is 0 Å². The first kappa shape index (κ1) is 33.6. The van der Waals surface area contributed by atoms with E-state index in [0.717, 1.165) is 28.3 Å². The van der Waals surface area contributed by atoms with E-state index in [9.17, 15) is 27.6 Å². The summed E-state index contributed by atoms with van der Waals surface area (Å²) in [6.07, 6.45) is -3.83. The maximum absolute atomic E-state index is 13.8. The molecule has 2 aliphatic heterocycles. The van der Waals surface area contributed by atoms with E-state index in [-0.39, 0.29) is 67.4 Å². The molecule has 49 heavy (non-hydrogen) atoms. The number of methoxy groups -OCH3 is 2. The monoisotopic (exact) mass is 680 g/mol. The van der Waals surface area contributed by atoms with Crippen molar-refractivity contribution < 1.29 is 41.8 Å². The summed E-state index contributed by atoms with van der Waals surface area (Å²) in [6.45, 7) is 1.74. The number of benzene rings is 2. The molecule has 12 nitrogen and oxygen atoms in total. The third-order valence-electron chi connectivity index (χ3n) is 8.54. The van der Waals surface area contributed by atoms with Crippen LogP contribution < -0.4 is 24.8 Å². The Labute approximate surface area is 279 Å². The zero-order chi connectivity index (χ0) is 34.9. The number of hydrogen-bond acceptors (Lipinski definition) is 8. The molecule has 258 valence electrons. The fourth-order valence-electron chi connectivity index (χ4n) is 6.16. The number of amides is 3. The van der Waals surface area contributed by atoms with Crippen LogP contribution in [0.4, 0.5) is 13.2 Å². The molecule has 0 saturated heterocycles. The van der Waals surface area contributed by atoms with Crippen molar-refractivity contribution in [2.24, 2.45) is 0 Å². The fourth-order valence-corrected chi connectivity index (χ4v) is 6.16. The zero-order valence-electron chi connectivity index (χ0n) is 27.1. The average Bonchev–Trinajstić information content (AvgIpc) is 3.50. The number of halogens is 3. The van der Waals surface area contributed by atoms with E-state index in [1.165, 1.54) is 25.0 Å². The normalized spacial score (nSPS) is 17.3. The highest BCUT2D eigenvalue weighted by atomic mass is 19.4. The molecule has 4 heterocycles. The lowest BCUT2D eigenvalue weighted by molar-refractivity contribution is -0.142. The topological polar surface area (TPSA) is 136 Å². The van der Waals surface area contributed by atoms with E-state index in [2.05, 4.69) is 20.7 Å². The molecule has 2 aromatic carbocycles. The molecule has 15 heteroatoms. The zero-order valence-corrected chi connectivity index (χ0v) is 27.1. The molecule has 0 radical (unpaired) electrons. The van der Waals surface area contributed by atoms with Crippen LogP contribution in [0.5, 0.6) is 17.2 Å². The maximum atomic E-state index is 13.8. The maximum Gasteiger partial charge on any atom is 0.433 e. The summed E-state index contributed by atoms with van der Waals surface area (Å²) < 4.78 is 59.1. The highest BCUT2D eigenvalue weighted by molar-refractivity contribution is 5.93. The first-order chi connectivity index (χ1) is 23.4. The van der Waals surface area contributed by atoms with Crippen molar-refractivity contribution >= 4 is 23.4 Å². The minimum Gasteiger partial charge on any atom is -0.493 e. The number of aromatic nitrogens is 3. The molecular weight excluding hydrogens is 645 g/mol. The van der Waals surface area contributed by atoms with Gasteiger partial charge in [-0.1, -0.05) is 6.07 Å². The van der Waals surface area contributed by atoms with Crippen LogP contribution in [0.1, 0.15) is 58.3 Å². The summed E-state index contributed by atoms with van der Waals surface area (Å²) in [4.78, 5) is 45.3. The fraction of sp³-hybridized carbons (Fsp3) is 0.382. The van der Waals surface area contributed by atoms with Crippen molar-refractivity contribution in [2.45, 2.75) is 44.8 Å². The second-order valence-electron chi connectivity index (χ2n) is 11.9. The Morgan fingerprint density at radius 3 is 2.57 bits per heavy atom. The van der Waals surface area contributed by atoms with Gasteiger partial charge in [-0.25, -0.2) is 9.50 Å². The smallest absolute Gasteiger partial charge is 0.433 e. The van der Waals surface area contributed by atoms with Crippen molar-refractivity contribution in [1.82, 2.24) is 30.1 Å². The van der Waals surface area contributed by atoms with Crippen LogP contribution in [-0.2, 0) is 22.2 Å². The van der Waals surface area contributed by atoms with Gasteiger partial charge in [0.15, 0.2) is 22.8 Å². The summed E-state index contributed by atoms with van der Waals surface area (Å²) in [5.74, 6) is 0.319. The summed E-state index contributed by atoms with van der Waals surface area (Å²) >= 11 is 0. The largest absolute Gasteiger partial charge is 0.493 e. The van der Waals surface area contributed by atoms with Gasteiger partial charge in [0.05, 0.1) is 26.9 Å². The van der Waals surface area contributed by atoms with Crippen LogP contribution in [0.3, 0.4) is 0 Å². The SMILES string of the molecule is COc1cc2cc(c1OC)-c1ccc3c(c1)C(CCO3)NC(=O)CCN(C(=O)c1cc3nc(C)cc(C(F)(F)F)n3n1)CCNC(=O)CC2.